The minimum Gasteiger partial charge on any atom is -0.392 e. The van der Waals surface area contributed by atoms with Gasteiger partial charge in [-0.25, -0.2) is 0 Å². The van der Waals surface area contributed by atoms with Gasteiger partial charge in [-0.2, -0.15) is 0 Å². The Morgan fingerprint density at radius 1 is 1.29 bits per heavy atom. The fraction of sp³-hybridized carbons (Fsp3) is 1.00. The Bertz CT molecular complexity index is 245. The maximum absolute atomic E-state index is 9.51. The highest BCUT2D eigenvalue weighted by Crippen LogP contribution is 2.36. The summed E-state index contributed by atoms with van der Waals surface area (Å²) in [5.41, 5.74) is 0.555. The Kier molecular flexibility index (Phi) is 4.11. The van der Waals surface area contributed by atoms with Gasteiger partial charge in [-0.05, 0) is 44.6 Å². The molecule has 2 N–H and O–H groups in total. The van der Waals surface area contributed by atoms with E-state index in [1.807, 2.05) is 0 Å². The number of β-amino-alcohol motifs (C(OH)–C–C–N with tert-alkyl or cyclic N) is 1. The first-order valence-corrected chi connectivity index (χ1v) is 7.08. The topological polar surface area (TPSA) is 35.5 Å². The summed E-state index contributed by atoms with van der Waals surface area (Å²) < 4.78 is 0. The quantitative estimate of drug-likeness (QED) is 0.787. The first-order chi connectivity index (χ1) is 7.96. The van der Waals surface area contributed by atoms with Crippen molar-refractivity contribution >= 4 is 0 Å². The van der Waals surface area contributed by atoms with Crippen LogP contribution >= 0.6 is 0 Å². The van der Waals surface area contributed by atoms with E-state index in [2.05, 4.69) is 31.1 Å². The highest BCUT2D eigenvalue weighted by Gasteiger charge is 2.30. The van der Waals surface area contributed by atoms with Crippen LogP contribution in [0.4, 0.5) is 0 Å². The van der Waals surface area contributed by atoms with E-state index in [0.717, 1.165) is 25.6 Å². The molecule has 2 aliphatic rings. The van der Waals surface area contributed by atoms with Crippen LogP contribution in [0, 0.1) is 5.41 Å². The van der Waals surface area contributed by atoms with E-state index in [-0.39, 0.29) is 6.10 Å². The van der Waals surface area contributed by atoms with E-state index in [0.29, 0.717) is 11.5 Å². The lowest BCUT2D eigenvalue weighted by molar-refractivity contribution is 0.119. The molecule has 1 aliphatic heterocycles. The molecule has 1 heterocycles. The van der Waals surface area contributed by atoms with Crippen molar-refractivity contribution in [2.45, 2.75) is 64.1 Å². The van der Waals surface area contributed by atoms with Crippen LogP contribution in [0.1, 0.15) is 46.0 Å². The van der Waals surface area contributed by atoms with E-state index in [4.69, 9.17) is 0 Å². The molecule has 2 rings (SSSR count). The lowest BCUT2D eigenvalue weighted by Crippen LogP contribution is -2.43. The first kappa shape index (κ1) is 13.3. The van der Waals surface area contributed by atoms with Gasteiger partial charge in [0.25, 0.3) is 0 Å². The highest BCUT2D eigenvalue weighted by atomic mass is 16.3. The summed E-state index contributed by atoms with van der Waals surface area (Å²) in [7, 11) is 2.25. The van der Waals surface area contributed by atoms with Gasteiger partial charge in [0.05, 0.1) is 6.10 Å². The molecule has 0 bridgehead atoms. The van der Waals surface area contributed by atoms with Crippen LogP contribution in [0.15, 0.2) is 0 Å². The van der Waals surface area contributed by atoms with Crippen LogP contribution in [0.3, 0.4) is 0 Å². The normalized spacial score (nSPS) is 34.4. The third-order valence-electron chi connectivity index (χ3n) is 4.64. The molecule has 0 radical (unpaired) electrons. The standard InChI is InChI=1S/C14H28N2O/c1-14(2)6-4-12(5-7-14)16(3)10-11-8-13(17)9-15-11/h11-13,15,17H,4-10H2,1-3H3. The summed E-state index contributed by atoms with van der Waals surface area (Å²) in [5.74, 6) is 0. The Morgan fingerprint density at radius 2 is 1.94 bits per heavy atom. The number of hydrogen-bond donors (Lipinski definition) is 2. The summed E-state index contributed by atoms with van der Waals surface area (Å²) in [6.07, 6.45) is 6.16. The second-order valence-electron chi connectivity index (χ2n) is 6.83. The van der Waals surface area contributed by atoms with Crippen LogP contribution in [0.2, 0.25) is 0 Å². The van der Waals surface area contributed by atoms with Crippen LogP contribution < -0.4 is 5.32 Å². The zero-order valence-electron chi connectivity index (χ0n) is 11.6. The molecule has 0 aromatic heterocycles. The van der Waals surface area contributed by atoms with Crippen molar-refractivity contribution in [3.63, 3.8) is 0 Å². The molecular formula is C14H28N2O. The number of likely N-dealkylation sites (N-methyl/N-ethyl adjacent to an activating group) is 1. The third kappa shape index (κ3) is 3.67. The summed E-state index contributed by atoms with van der Waals surface area (Å²) in [6.45, 7) is 6.63. The molecule has 1 saturated heterocycles. The van der Waals surface area contributed by atoms with Crippen molar-refractivity contribution < 1.29 is 5.11 Å². The van der Waals surface area contributed by atoms with Crippen LogP contribution in [0.5, 0.6) is 0 Å². The number of hydrogen-bond acceptors (Lipinski definition) is 3. The maximum Gasteiger partial charge on any atom is 0.0680 e. The van der Waals surface area contributed by atoms with Gasteiger partial charge < -0.3 is 15.3 Å². The summed E-state index contributed by atoms with van der Waals surface area (Å²) >= 11 is 0. The lowest BCUT2D eigenvalue weighted by atomic mass is 9.75. The SMILES string of the molecule is CN(CC1CC(O)CN1)C1CCC(C)(C)CC1. The lowest BCUT2D eigenvalue weighted by Gasteiger charge is -2.39. The van der Waals surface area contributed by atoms with Gasteiger partial charge in [-0.1, -0.05) is 13.8 Å². The average molecular weight is 240 g/mol. The molecule has 1 aliphatic carbocycles. The fourth-order valence-corrected chi connectivity index (χ4v) is 3.26. The third-order valence-corrected chi connectivity index (χ3v) is 4.64. The van der Waals surface area contributed by atoms with E-state index in [9.17, 15) is 5.11 Å². The Morgan fingerprint density at radius 3 is 2.47 bits per heavy atom. The number of aliphatic hydroxyl groups is 1. The smallest absolute Gasteiger partial charge is 0.0680 e. The van der Waals surface area contributed by atoms with Gasteiger partial charge in [-0.15, -0.1) is 0 Å². The number of nitrogens with zero attached hydrogens (tertiary/aromatic N) is 1. The molecule has 0 spiro atoms. The molecule has 17 heavy (non-hydrogen) atoms. The molecule has 2 fully saturated rings. The average Bonchev–Trinajstić information content (AvgIpc) is 2.63. The number of nitrogens with one attached hydrogen (secondary N) is 1. The van der Waals surface area contributed by atoms with Crippen molar-refractivity contribution in [1.82, 2.24) is 10.2 Å². The summed E-state index contributed by atoms with van der Waals surface area (Å²) in [4.78, 5) is 2.50. The maximum atomic E-state index is 9.51. The molecule has 1 saturated carbocycles. The van der Waals surface area contributed by atoms with E-state index >= 15 is 0 Å². The van der Waals surface area contributed by atoms with Crippen molar-refractivity contribution in [2.24, 2.45) is 5.41 Å². The van der Waals surface area contributed by atoms with Gasteiger partial charge in [0.15, 0.2) is 0 Å². The Hall–Kier alpha value is -0.120. The first-order valence-electron chi connectivity index (χ1n) is 7.08. The van der Waals surface area contributed by atoms with Crippen molar-refractivity contribution in [2.75, 3.05) is 20.1 Å². The molecular weight excluding hydrogens is 212 g/mol. The zero-order valence-corrected chi connectivity index (χ0v) is 11.6. The Labute approximate surface area is 106 Å². The molecule has 100 valence electrons. The van der Waals surface area contributed by atoms with E-state index in [1.54, 1.807) is 0 Å². The zero-order chi connectivity index (χ0) is 12.5. The van der Waals surface area contributed by atoms with Gasteiger partial charge in [-0.3, -0.25) is 0 Å². The second kappa shape index (κ2) is 5.25. The van der Waals surface area contributed by atoms with Crippen LogP contribution in [-0.2, 0) is 0 Å². The molecule has 0 aromatic rings. The predicted octanol–water partition coefficient (Wildman–Crippen LogP) is 1.61. The monoisotopic (exact) mass is 240 g/mol. The molecule has 0 amide bonds. The van der Waals surface area contributed by atoms with Gasteiger partial charge >= 0.3 is 0 Å². The largest absolute Gasteiger partial charge is 0.392 e. The number of rotatable bonds is 3. The van der Waals surface area contributed by atoms with Crippen LogP contribution in [-0.4, -0.2) is 48.3 Å². The van der Waals surface area contributed by atoms with Crippen molar-refractivity contribution in [3.05, 3.63) is 0 Å². The summed E-state index contributed by atoms with van der Waals surface area (Å²) in [5, 5.41) is 12.9. The molecule has 2 atom stereocenters. The summed E-state index contributed by atoms with van der Waals surface area (Å²) in [6, 6.07) is 1.24. The second-order valence-corrected chi connectivity index (χ2v) is 6.83. The predicted molar refractivity (Wildman–Crippen MR) is 71.1 cm³/mol. The fourth-order valence-electron chi connectivity index (χ4n) is 3.26. The van der Waals surface area contributed by atoms with E-state index in [1.165, 1.54) is 25.7 Å². The van der Waals surface area contributed by atoms with Crippen LogP contribution in [0.25, 0.3) is 0 Å². The molecule has 2 unspecified atom stereocenters. The highest BCUT2D eigenvalue weighted by molar-refractivity contribution is 4.87. The van der Waals surface area contributed by atoms with Gasteiger partial charge in [0.1, 0.15) is 0 Å². The minimum atomic E-state index is -0.126. The van der Waals surface area contributed by atoms with E-state index < -0.39 is 0 Å². The van der Waals surface area contributed by atoms with Crippen molar-refractivity contribution in [1.29, 1.82) is 0 Å². The Balaban J connectivity index is 1.75. The van der Waals surface area contributed by atoms with Crippen molar-refractivity contribution in [3.8, 4) is 0 Å². The molecule has 3 heteroatoms. The van der Waals surface area contributed by atoms with Gasteiger partial charge in [0, 0.05) is 25.2 Å². The molecule has 0 aromatic carbocycles. The van der Waals surface area contributed by atoms with Gasteiger partial charge in [0.2, 0.25) is 0 Å². The minimum absolute atomic E-state index is 0.126. The number of aliphatic hydroxyl groups excluding tert-OH is 1. The molecule has 3 nitrogen and oxygen atoms in total.